The first-order valence-electron chi connectivity index (χ1n) is 9.81. The third-order valence-corrected chi connectivity index (χ3v) is 5.67. The second-order valence-corrected chi connectivity index (χ2v) is 7.63. The molecule has 2 aromatic rings. The number of H-pyrrole nitrogens is 1. The van der Waals surface area contributed by atoms with Crippen molar-refractivity contribution in [3.8, 4) is 11.5 Å². The number of ether oxygens (including phenoxy) is 2. The summed E-state index contributed by atoms with van der Waals surface area (Å²) in [6.07, 6.45) is 5.61. The molecule has 26 heavy (non-hydrogen) atoms. The van der Waals surface area contributed by atoms with E-state index in [-0.39, 0.29) is 6.10 Å². The minimum atomic E-state index is 0.267. The lowest BCUT2D eigenvalue weighted by Crippen LogP contribution is -2.32. The Labute approximate surface area is 155 Å². The number of nitrogens with zero attached hydrogens (tertiary/aromatic N) is 2. The van der Waals surface area contributed by atoms with Gasteiger partial charge in [-0.15, -0.1) is 0 Å². The average molecular weight is 355 g/mol. The number of aromatic amines is 1. The molecule has 0 radical (unpaired) electrons. The lowest BCUT2D eigenvalue weighted by Gasteiger charge is -2.32. The maximum absolute atomic E-state index is 5.96. The van der Waals surface area contributed by atoms with Crippen molar-refractivity contribution in [2.45, 2.75) is 58.6 Å². The van der Waals surface area contributed by atoms with Crippen LogP contribution in [0.25, 0.3) is 0 Å². The summed E-state index contributed by atoms with van der Waals surface area (Å²) in [6.45, 7) is 10.1. The van der Waals surface area contributed by atoms with E-state index in [1.54, 1.807) is 0 Å². The Hall–Kier alpha value is -2.01. The first kappa shape index (κ1) is 17.4. The Balaban J connectivity index is 1.45. The Morgan fingerprint density at radius 3 is 2.81 bits per heavy atom. The molecular weight excluding hydrogens is 326 g/mol. The van der Waals surface area contributed by atoms with Gasteiger partial charge >= 0.3 is 0 Å². The molecule has 1 N–H and O–H groups in total. The van der Waals surface area contributed by atoms with Gasteiger partial charge in [0.15, 0.2) is 0 Å². The van der Waals surface area contributed by atoms with Gasteiger partial charge in [-0.05, 0) is 70.3 Å². The Bertz CT molecular complexity index is 763. The number of hydrogen-bond donors (Lipinski definition) is 1. The molecule has 1 saturated heterocycles. The van der Waals surface area contributed by atoms with E-state index in [4.69, 9.17) is 9.47 Å². The Morgan fingerprint density at radius 2 is 2.12 bits per heavy atom. The number of aryl methyl sites for hydroxylation is 1. The normalized spacial score (nSPS) is 20.8. The van der Waals surface area contributed by atoms with Crippen molar-refractivity contribution in [2.75, 3.05) is 19.7 Å². The predicted molar refractivity (Wildman–Crippen MR) is 102 cm³/mol. The number of rotatable bonds is 5. The summed E-state index contributed by atoms with van der Waals surface area (Å²) in [5.41, 5.74) is 5.13. The molecular formula is C21H29N3O2. The van der Waals surface area contributed by atoms with Gasteiger partial charge in [0.05, 0.1) is 12.8 Å². The number of fused-ring (bicyclic) bond motifs is 1. The van der Waals surface area contributed by atoms with Crippen LogP contribution in [0.15, 0.2) is 18.3 Å². The van der Waals surface area contributed by atoms with Gasteiger partial charge in [-0.1, -0.05) is 0 Å². The summed E-state index contributed by atoms with van der Waals surface area (Å²) in [4.78, 5) is 2.54. The molecule has 0 aliphatic carbocycles. The van der Waals surface area contributed by atoms with Crippen molar-refractivity contribution in [2.24, 2.45) is 0 Å². The van der Waals surface area contributed by atoms with E-state index >= 15 is 0 Å². The third kappa shape index (κ3) is 3.45. The number of piperidine rings is 1. The number of hydrogen-bond acceptors (Lipinski definition) is 4. The quantitative estimate of drug-likeness (QED) is 0.886. The molecule has 0 spiro atoms. The van der Waals surface area contributed by atoms with E-state index in [9.17, 15) is 0 Å². The van der Waals surface area contributed by atoms with Crippen LogP contribution in [0.1, 0.15) is 55.0 Å². The molecule has 5 nitrogen and oxygen atoms in total. The van der Waals surface area contributed by atoms with Crippen molar-refractivity contribution in [1.29, 1.82) is 0 Å². The first-order valence-corrected chi connectivity index (χ1v) is 9.81. The van der Waals surface area contributed by atoms with Crippen LogP contribution in [-0.2, 0) is 13.0 Å². The summed E-state index contributed by atoms with van der Waals surface area (Å²) >= 11 is 0. The third-order valence-electron chi connectivity index (χ3n) is 5.67. The fourth-order valence-electron chi connectivity index (χ4n) is 4.31. The lowest BCUT2D eigenvalue weighted by atomic mass is 9.89. The van der Waals surface area contributed by atoms with Gasteiger partial charge in [0.2, 0.25) is 0 Å². The molecule has 4 rings (SSSR count). The minimum absolute atomic E-state index is 0.267. The summed E-state index contributed by atoms with van der Waals surface area (Å²) in [7, 11) is 0. The van der Waals surface area contributed by atoms with Crippen LogP contribution in [0.5, 0.6) is 11.5 Å². The molecule has 1 unspecified atom stereocenters. The highest BCUT2D eigenvalue weighted by Gasteiger charge is 2.25. The van der Waals surface area contributed by atoms with Crippen molar-refractivity contribution < 1.29 is 9.47 Å². The molecule has 0 bridgehead atoms. The Kier molecular flexibility index (Phi) is 4.90. The van der Waals surface area contributed by atoms with Gasteiger partial charge in [0.25, 0.3) is 0 Å². The molecule has 2 aliphatic heterocycles. The summed E-state index contributed by atoms with van der Waals surface area (Å²) < 4.78 is 11.9. The molecule has 140 valence electrons. The highest BCUT2D eigenvalue weighted by molar-refractivity contribution is 5.48. The van der Waals surface area contributed by atoms with E-state index in [2.05, 4.69) is 48.0 Å². The summed E-state index contributed by atoms with van der Waals surface area (Å²) in [6, 6.07) is 4.40. The number of aromatic nitrogens is 2. The lowest BCUT2D eigenvalue weighted by molar-refractivity contribution is 0.200. The van der Waals surface area contributed by atoms with E-state index in [0.717, 1.165) is 37.6 Å². The summed E-state index contributed by atoms with van der Waals surface area (Å²) in [5.74, 6) is 2.69. The zero-order valence-corrected chi connectivity index (χ0v) is 16.0. The summed E-state index contributed by atoms with van der Waals surface area (Å²) in [5, 5.41) is 7.26. The number of nitrogens with one attached hydrogen (secondary N) is 1. The van der Waals surface area contributed by atoms with Crippen molar-refractivity contribution in [1.82, 2.24) is 15.1 Å². The molecule has 0 saturated carbocycles. The molecule has 1 atom stereocenters. The van der Waals surface area contributed by atoms with Crippen molar-refractivity contribution >= 4 is 0 Å². The van der Waals surface area contributed by atoms with Crippen molar-refractivity contribution in [3.63, 3.8) is 0 Å². The zero-order valence-electron chi connectivity index (χ0n) is 16.0. The van der Waals surface area contributed by atoms with Crippen LogP contribution in [-0.4, -0.2) is 40.9 Å². The van der Waals surface area contributed by atoms with E-state index < -0.39 is 0 Å². The molecule has 2 aliphatic rings. The molecule has 1 aromatic heterocycles. The molecule has 1 aromatic carbocycles. The number of likely N-dealkylation sites (tertiary alicyclic amines) is 1. The second kappa shape index (κ2) is 7.31. The van der Waals surface area contributed by atoms with Crippen molar-refractivity contribution in [3.05, 3.63) is 40.7 Å². The fraction of sp³-hybridized carbons (Fsp3) is 0.571. The van der Waals surface area contributed by atoms with Crippen LogP contribution >= 0.6 is 0 Å². The maximum Gasteiger partial charge on any atom is 0.124 e. The van der Waals surface area contributed by atoms with E-state index in [1.807, 2.05) is 6.20 Å². The number of benzene rings is 1. The van der Waals surface area contributed by atoms with Crippen LogP contribution in [0.4, 0.5) is 0 Å². The van der Waals surface area contributed by atoms with Gasteiger partial charge in [-0.25, -0.2) is 0 Å². The molecule has 5 heteroatoms. The van der Waals surface area contributed by atoms with Crippen LogP contribution in [0.2, 0.25) is 0 Å². The maximum atomic E-state index is 5.96. The smallest absolute Gasteiger partial charge is 0.124 e. The fourth-order valence-corrected chi connectivity index (χ4v) is 4.31. The minimum Gasteiger partial charge on any atom is -0.494 e. The molecule has 3 heterocycles. The van der Waals surface area contributed by atoms with E-state index in [1.165, 1.54) is 35.2 Å². The first-order chi connectivity index (χ1) is 12.6. The Morgan fingerprint density at radius 1 is 1.31 bits per heavy atom. The van der Waals surface area contributed by atoms with Gasteiger partial charge in [-0.2, -0.15) is 5.10 Å². The standard InChI is InChI=1S/C21H29N3O2/c1-4-25-20-10-17-9-14(2)26-21(17)11-18(20)13-24-7-5-16(6-8-24)19-12-22-23-15(19)3/h10-12,14,16H,4-9,13H2,1-3H3,(H,22,23). The highest BCUT2D eigenvalue weighted by Crippen LogP contribution is 2.37. The van der Waals surface area contributed by atoms with E-state index in [0.29, 0.717) is 12.5 Å². The van der Waals surface area contributed by atoms with Gasteiger partial charge in [0, 0.05) is 29.8 Å². The molecule has 0 amide bonds. The van der Waals surface area contributed by atoms with Crippen LogP contribution in [0, 0.1) is 6.92 Å². The van der Waals surface area contributed by atoms with Crippen LogP contribution < -0.4 is 9.47 Å². The average Bonchev–Trinajstić information content (AvgIpc) is 3.20. The topological polar surface area (TPSA) is 50.4 Å². The van der Waals surface area contributed by atoms with Gasteiger partial charge in [0.1, 0.15) is 17.6 Å². The largest absolute Gasteiger partial charge is 0.494 e. The monoisotopic (exact) mass is 355 g/mol. The molecule has 1 fully saturated rings. The van der Waals surface area contributed by atoms with Gasteiger partial charge < -0.3 is 9.47 Å². The highest BCUT2D eigenvalue weighted by atomic mass is 16.5. The zero-order chi connectivity index (χ0) is 18.1. The predicted octanol–water partition coefficient (Wildman–Crippen LogP) is 3.82. The SMILES string of the molecule is CCOc1cc2c(cc1CN1CCC(c3cn[nH]c3C)CC1)OC(C)C2. The van der Waals surface area contributed by atoms with Crippen LogP contribution in [0.3, 0.4) is 0 Å². The van der Waals surface area contributed by atoms with Gasteiger partial charge in [-0.3, -0.25) is 10.00 Å². The second-order valence-electron chi connectivity index (χ2n) is 7.63.